The van der Waals surface area contributed by atoms with Crippen molar-refractivity contribution in [3.63, 3.8) is 0 Å². The number of aromatic amines is 1. The predicted molar refractivity (Wildman–Crippen MR) is 114 cm³/mol. The van der Waals surface area contributed by atoms with Gasteiger partial charge >= 0.3 is 5.69 Å². The second-order valence-electron chi connectivity index (χ2n) is 6.61. The monoisotopic (exact) mass is 444 g/mol. The van der Waals surface area contributed by atoms with Crippen LogP contribution in [0.5, 0.6) is 0 Å². The zero-order valence-electron chi connectivity index (χ0n) is 16.1. The molecule has 0 atom stereocenters. The molecule has 0 saturated heterocycles. The summed E-state index contributed by atoms with van der Waals surface area (Å²) in [6, 6.07) is 10.3. The number of hydrogen-bond donors (Lipinski definition) is 2. The maximum atomic E-state index is 14.2. The normalized spacial score (nSPS) is 11.5. The van der Waals surface area contributed by atoms with Gasteiger partial charge in [-0.05, 0) is 18.2 Å². The minimum absolute atomic E-state index is 0.0481. The summed E-state index contributed by atoms with van der Waals surface area (Å²) in [4.78, 5) is 30.9. The maximum absolute atomic E-state index is 14.2. The molecule has 0 radical (unpaired) electrons. The first-order valence-electron chi connectivity index (χ1n) is 9.03. The Kier molecular flexibility index (Phi) is 5.38. The first-order chi connectivity index (χ1) is 14.9. The SMILES string of the molecule is Cn1c(=O)[nH]c(=O)c2c1nc(NN=Cc1c(F)cccc1Cl)n2Cc1ccccc1F. The molecule has 4 aromatic rings. The molecule has 0 spiro atoms. The zero-order chi connectivity index (χ0) is 22.1. The van der Waals surface area contributed by atoms with Crippen LogP contribution in [-0.2, 0) is 13.6 Å². The number of aryl methyl sites for hydroxylation is 1. The van der Waals surface area contributed by atoms with Crippen LogP contribution in [-0.4, -0.2) is 25.3 Å². The van der Waals surface area contributed by atoms with Crippen LogP contribution in [0.3, 0.4) is 0 Å². The van der Waals surface area contributed by atoms with Crippen LogP contribution in [0.25, 0.3) is 11.2 Å². The smallest absolute Gasteiger partial charge is 0.298 e. The van der Waals surface area contributed by atoms with Crippen LogP contribution in [0.2, 0.25) is 5.02 Å². The lowest BCUT2D eigenvalue weighted by Crippen LogP contribution is -2.29. The van der Waals surface area contributed by atoms with E-state index >= 15 is 0 Å². The van der Waals surface area contributed by atoms with Gasteiger partial charge in [-0.25, -0.2) is 19.0 Å². The molecule has 0 saturated carbocycles. The fourth-order valence-corrected chi connectivity index (χ4v) is 3.27. The highest BCUT2D eigenvalue weighted by atomic mass is 35.5. The third-order valence-corrected chi connectivity index (χ3v) is 4.98. The van der Waals surface area contributed by atoms with Crippen molar-refractivity contribution < 1.29 is 8.78 Å². The molecule has 0 fully saturated rings. The second-order valence-corrected chi connectivity index (χ2v) is 7.02. The number of anilines is 1. The van der Waals surface area contributed by atoms with Gasteiger partial charge in [0.1, 0.15) is 11.6 Å². The van der Waals surface area contributed by atoms with E-state index in [-0.39, 0.29) is 34.2 Å². The number of halogens is 3. The third kappa shape index (κ3) is 3.84. The van der Waals surface area contributed by atoms with E-state index < -0.39 is 22.9 Å². The minimum atomic E-state index is -0.684. The van der Waals surface area contributed by atoms with Crippen molar-refractivity contribution in [3.8, 4) is 0 Å². The van der Waals surface area contributed by atoms with Gasteiger partial charge in [0.2, 0.25) is 5.95 Å². The molecule has 0 aliphatic heterocycles. The number of aromatic nitrogens is 4. The first-order valence-corrected chi connectivity index (χ1v) is 9.40. The van der Waals surface area contributed by atoms with E-state index in [1.807, 2.05) is 0 Å². The summed E-state index contributed by atoms with van der Waals surface area (Å²) < 4.78 is 30.7. The van der Waals surface area contributed by atoms with E-state index in [1.54, 1.807) is 18.2 Å². The second kappa shape index (κ2) is 8.15. The number of fused-ring (bicyclic) bond motifs is 1. The van der Waals surface area contributed by atoms with Crippen molar-refractivity contribution in [2.24, 2.45) is 12.1 Å². The fourth-order valence-electron chi connectivity index (χ4n) is 3.06. The number of benzene rings is 2. The van der Waals surface area contributed by atoms with Crippen molar-refractivity contribution in [3.05, 3.63) is 91.1 Å². The maximum Gasteiger partial charge on any atom is 0.329 e. The van der Waals surface area contributed by atoms with Crippen LogP contribution in [0.4, 0.5) is 14.7 Å². The largest absolute Gasteiger partial charge is 0.329 e. The average Bonchev–Trinajstić information content (AvgIpc) is 3.09. The molecule has 8 nitrogen and oxygen atoms in total. The topological polar surface area (TPSA) is 97.1 Å². The summed E-state index contributed by atoms with van der Waals surface area (Å²) in [7, 11) is 1.44. The number of hydrazone groups is 1. The summed E-state index contributed by atoms with van der Waals surface area (Å²) in [5.41, 5.74) is 1.76. The lowest BCUT2D eigenvalue weighted by molar-refractivity contribution is 0.602. The molecule has 4 rings (SSSR count). The van der Waals surface area contributed by atoms with E-state index in [0.717, 1.165) is 10.8 Å². The Morgan fingerprint density at radius 3 is 2.65 bits per heavy atom. The third-order valence-electron chi connectivity index (χ3n) is 4.65. The first kappa shape index (κ1) is 20.5. The molecule has 0 aliphatic rings. The zero-order valence-corrected chi connectivity index (χ0v) is 16.8. The summed E-state index contributed by atoms with van der Waals surface area (Å²) in [5.74, 6) is -0.997. The van der Waals surface area contributed by atoms with Crippen LogP contribution in [0.1, 0.15) is 11.1 Å². The van der Waals surface area contributed by atoms with Crippen molar-refractivity contribution in [2.75, 3.05) is 5.43 Å². The highest BCUT2D eigenvalue weighted by Crippen LogP contribution is 2.20. The lowest BCUT2D eigenvalue weighted by atomic mass is 10.2. The van der Waals surface area contributed by atoms with Gasteiger partial charge in [-0.1, -0.05) is 35.9 Å². The Morgan fingerprint density at radius 2 is 1.90 bits per heavy atom. The van der Waals surface area contributed by atoms with Crippen LogP contribution < -0.4 is 16.7 Å². The molecule has 2 heterocycles. The Balaban J connectivity index is 1.82. The molecule has 0 bridgehead atoms. The molecule has 2 aromatic heterocycles. The van der Waals surface area contributed by atoms with Crippen molar-refractivity contribution in [1.82, 2.24) is 19.1 Å². The predicted octanol–water partition coefficient (Wildman–Crippen LogP) is 2.85. The van der Waals surface area contributed by atoms with Crippen LogP contribution in [0.15, 0.2) is 57.2 Å². The standard InChI is InChI=1S/C20H15ClF2N6O2/c1-28-17-16(18(30)26-20(28)31)29(10-11-5-2-3-7-14(11)22)19(25-17)27-24-9-12-13(21)6-4-8-15(12)23/h2-9H,10H2,1H3,(H,25,27)(H,26,30,31). The van der Waals surface area contributed by atoms with Gasteiger partial charge in [0.25, 0.3) is 5.56 Å². The minimum Gasteiger partial charge on any atom is -0.298 e. The molecule has 2 aromatic carbocycles. The highest BCUT2D eigenvalue weighted by Gasteiger charge is 2.18. The summed E-state index contributed by atoms with van der Waals surface area (Å²) in [6.07, 6.45) is 1.16. The molecule has 31 heavy (non-hydrogen) atoms. The number of rotatable bonds is 5. The van der Waals surface area contributed by atoms with Gasteiger partial charge in [0.05, 0.1) is 17.8 Å². The molecule has 158 valence electrons. The number of nitrogens with one attached hydrogen (secondary N) is 2. The number of H-pyrrole nitrogens is 1. The fraction of sp³-hybridized carbons (Fsp3) is 0.100. The summed E-state index contributed by atoms with van der Waals surface area (Å²) >= 11 is 5.99. The molecular weight excluding hydrogens is 430 g/mol. The van der Waals surface area contributed by atoms with Gasteiger partial charge in [-0.15, -0.1) is 0 Å². The Labute approximate surface area is 178 Å². The summed E-state index contributed by atoms with van der Waals surface area (Å²) in [5, 5.41) is 4.12. The van der Waals surface area contributed by atoms with Crippen LogP contribution >= 0.6 is 11.6 Å². The van der Waals surface area contributed by atoms with E-state index in [1.165, 1.54) is 35.9 Å². The quantitative estimate of drug-likeness (QED) is 0.365. The highest BCUT2D eigenvalue weighted by molar-refractivity contribution is 6.33. The summed E-state index contributed by atoms with van der Waals surface area (Å²) in [6.45, 7) is -0.0667. The lowest BCUT2D eigenvalue weighted by Gasteiger charge is -2.09. The Morgan fingerprint density at radius 1 is 1.16 bits per heavy atom. The molecular formula is C20H15ClF2N6O2. The number of hydrogen-bond acceptors (Lipinski definition) is 5. The van der Waals surface area contributed by atoms with E-state index in [4.69, 9.17) is 11.6 Å². The molecule has 0 unspecified atom stereocenters. The van der Waals surface area contributed by atoms with Gasteiger partial charge in [0.15, 0.2) is 11.2 Å². The van der Waals surface area contributed by atoms with Crippen molar-refractivity contribution >= 4 is 34.9 Å². The van der Waals surface area contributed by atoms with Gasteiger partial charge < -0.3 is 0 Å². The molecule has 0 aliphatic carbocycles. The van der Waals surface area contributed by atoms with Gasteiger partial charge in [0, 0.05) is 18.2 Å². The molecule has 0 amide bonds. The van der Waals surface area contributed by atoms with E-state index in [9.17, 15) is 18.4 Å². The van der Waals surface area contributed by atoms with Crippen molar-refractivity contribution in [1.29, 1.82) is 0 Å². The number of imidazole rings is 1. The average molecular weight is 445 g/mol. The van der Waals surface area contributed by atoms with Gasteiger partial charge in [-0.3, -0.25) is 18.9 Å². The Hall–Kier alpha value is -3.79. The van der Waals surface area contributed by atoms with Gasteiger partial charge in [-0.2, -0.15) is 10.1 Å². The Bertz CT molecular complexity index is 1420. The van der Waals surface area contributed by atoms with E-state index in [2.05, 4.69) is 20.5 Å². The van der Waals surface area contributed by atoms with Crippen LogP contribution in [0, 0.1) is 11.6 Å². The van der Waals surface area contributed by atoms with Crippen molar-refractivity contribution in [2.45, 2.75) is 6.54 Å². The molecule has 2 N–H and O–H groups in total. The van der Waals surface area contributed by atoms with E-state index in [0.29, 0.717) is 5.56 Å². The number of nitrogens with zero attached hydrogens (tertiary/aromatic N) is 4. The molecule has 11 heteroatoms.